The van der Waals surface area contributed by atoms with Crippen molar-refractivity contribution >= 4 is 13.7 Å². The minimum atomic E-state index is -4.32. The largest absolute Gasteiger partial charge is 0.472 e. The summed E-state index contributed by atoms with van der Waals surface area (Å²) >= 11 is 0. The Labute approximate surface area is 425 Å². The quantitative estimate of drug-likeness (QED) is 0.0319. The average molecular weight is 987 g/mol. The lowest BCUT2D eigenvalue weighted by atomic mass is 10.0. The fourth-order valence-electron chi connectivity index (χ4n) is 9.58. The minimum absolute atomic E-state index is 0.0792. The monoisotopic (exact) mass is 986 g/mol. The van der Waals surface area contributed by atoms with Crippen molar-refractivity contribution in [2.75, 3.05) is 40.9 Å². The zero-order valence-electron chi connectivity index (χ0n) is 46.6. The molecule has 9 heteroatoms. The number of rotatable bonds is 57. The van der Waals surface area contributed by atoms with Crippen LogP contribution in [0.3, 0.4) is 0 Å². The van der Waals surface area contributed by atoms with Crippen molar-refractivity contribution in [1.82, 2.24) is 5.32 Å². The summed E-state index contributed by atoms with van der Waals surface area (Å²) in [6.07, 6.45) is 61.7. The van der Waals surface area contributed by atoms with E-state index in [2.05, 4.69) is 19.2 Å². The zero-order valence-corrected chi connectivity index (χ0v) is 47.5. The van der Waals surface area contributed by atoms with Crippen LogP contribution in [0.2, 0.25) is 0 Å². The summed E-state index contributed by atoms with van der Waals surface area (Å²) < 4.78 is 23.8. The fourth-order valence-corrected chi connectivity index (χ4v) is 10.3. The highest BCUT2D eigenvalue weighted by Gasteiger charge is 2.28. The van der Waals surface area contributed by atoms with E-state index in [1.54, 1.807) is 0 Å². The smallest absolute Gasteiger partial charge is 0.391 e. The van der Waals surface area contributed by atoms with Gasteiger partial charge >= 0.3 is 7.82 Å². The van der Waals surface area contributed by atoms with E-state index >= 15 is 0 Å². The lowest BCUT2D eigenvalue weighted by Crippen LogP contribution is -2.46. The molecule has 3 N–H and O–H groups in total. The first-order valence-electron chi connectivity index (χ1n) is 30.4. The Morgan fingerprint density at radius 2 is 0.706 bits per heavy atom. The molecule has 0 fully saturated rings. The highest BCUT2D eigenvalue weighted by atomic mass is 31.2. The van der Waals surface area contributed by atoms with Crippen molar-refractivity contribution in [3.8, 4) is 0 Å². The Morgan fingerprint density at radius 3 is 0.985 bits per heavy atom. The molecule has 3 atom stereocenters. The van der Waals surface area contributed by atoms with Gasteiger partial charge in [-0.1, -0.05) is 303 Å². The molecule has 0 rings (SSSR count). The van der Waals surface area contributed by atoms with Gasteiger partial charge in [-0.25, -0.2) is 4.57 Å². The third-order valence-electron chi connectivity index (χ3n) is 14.4. The van der Waals surface area contributed by atoms with Gasteiger partial charge in [0.25, 0.3) is 0 Å². The number of nitrogens with one attached hydrogen (secondary N) is 1. The third kappa shape index (κ3) is 53.3. The van der Waals surface area contributed by atoms with Gasteiger partial charge in [0, 0.05) is 6.42 Å². The Morgan fingerprint density at radius 1 is 0.441 bits per heavy atom. The van der Waals surface area contributed by atoms with Gasteiger partial charge < -0.3 is 19.8 Å². The molecule has 0 aliphatic rings. The number of aliphatic hydroxyl groups is 1. The Bertz CT molecular complexity index is 1070. The Hall–Kier alpha value is -0.500. The number of phosphoric ester groups is 1. The second kappa shape index (κ2) is 51.4. The van der Waals surface area contributed by atoms with E-state index in [0.717, 1.165) is 38.5 Å². The van der Waals surface area contributed by atoms with Gasteiger partial charge in [0.05, 0.1) is 39.9 Å². The maximum absolute atomic E-state index is 13.0. The standard InChI is InChI=1S/C59H121N2O6P/c1-6-8-10-12-14-16-18-20-22-24-26-27-28-29-30-31-32-33-34-35-37-39-41-43-45-47-49-51-53-59(63)60-57(56-67-68(64,65)66-55-54-61(3,4)5)58(62)52-50-48-46-44-42-40-38-36-25-23-21-19-17-15-13-11-9-7-2/h57-58,62H,6-56H2,1-5H3,(H-,60,63,64,65)/p+1. The molecule has 0 heterocycles. The summed E-state index contributed by atoms with van der Waals surface area (Å²) in [6, 6.07) is -0.755. The van der Waals surface area contributed by atoms with Crippen LogP contribution in [-0.4, -0.2) is 73.4 Å². The van der Waals surface area contributed by atoms with E-state index in [9.17, 15) is 19.4 Å². The SMILES string of the molecule is CCCCCCCCCCCCCCCCCCCCCCCCCCCCCCC(=O)NC(COP(=O)(O)OCC[N+](C)(C)C)C(O)CCCCCCCCCCCCCCCCCCCC. The van der Waals surface area contributed by atoms with Crippen molar-refractivity contribution in [1.29, 1.82) is 0 Å². The van der Waals surface area contributed by atoms with Crippen LogP contribution >= 0.6 is 7.82 Å². The summed E-state index contributed by atoms with van der Waals surface area (Å²) in [5.74, 6) is -0.135. The molecule has 8 nitrogen and oxygen atoms in total. The molecule has 0 aliphatic heterocycles. The van der Waals surface area contributed by atoms with E-state index in [-0.39, 0.29) is 19.1 Å². The lowest BCUT2D eigenvalue weighted by Gasteiger charge is -2.26. The van der Waals surface area contributed by atoms with Gasteiger partial charge in [-0.05, 0) is 12.8 Å². The van der Waals surface area contributed by atoms with Gasteiger partial charge in [-0.15, -0.1) is 0 Å². The Balaban J connectivity index is 4.04. The maximum atomic E-state index is 13.0. The summed E-state index contributed by atoms with van der Waals surface area (Å²) in [7, 11) is 1.64. The highest BCUT2D eigenvalue weighted by Crippen LogP contribution is 2.43. The van der Waals surface area contributed by atoms with E-state index in [1.165, 1.54) is 257 Å². The number of quaternary nitrogens is 1. The van der Waals surface area contributed by atoms with Gasteiger partial charge in [-0.2, -0.15) is 0 Å². The molecule has 0 saturated heterocycles. The molecule has 1 amide bonds. The van der Waals surface area contributed by atoms with Crippen LogP contribution in [0.15, 0.2) is 0 Å². The van der Waals surface area contributed by atoms with Gasteiger partial charge in [0.15, 0.2) is 0 Å². The summed E-state index contributed by atoms with van der Waals surface area (Å²) in [5.41, 5.74) is 0. The summed E-state index contributed by atoms with van der Waals surface area (Å²) in [6.45, 7) is 4.95. The van der Waals surface area contributed by atoms with Crippen LogP contribution in [0.5, 0.6) is 0 Å². The first-order chi connectivity index (χ1) is 33.0. The number of likely N-dealkylation sites (N-methyl/N-ethyl adjacent to an activating group) is 1. The molecule has 3 unspecified atom stereocenters. The molecule has 0 bridgehead atoms. The number of hydrogen-bond acceptors (Lipinski definition) is 5. The number of amides is 1. The minimum Gasteiger partial charge on any atom is -0.391 e. The van der Waals surface area contributed by atoms with Gasteiger partial charge in [-0.3, -0.25) is 13.8 Å². The van der Waals surface area contributed by atoms with E-state index < -0.39 is 20.0 Å². The average Bonchev–Trinajstić information content (AvgIpc) is 3.30. The van der Waals surface area contributed by atoms with Crippen molar-refractivity contribution in [2.24, 2.45) is 0 Å². The van der Waals surface area contributed by atoms with Crippen LogP contribution in [0.4, 0.5) is 0 Å². The topological polar surface area (TPSA) is 105 Å². The number of carbonyl (C=O) groups excluding carboxylic acids is 1. The first kappa shape index (κ1) is 67.5. The molecule has 68 heavy (non-hydrogen) atoms. The number of nitrogens with zero attached hydrogens (tertiary/aromatic N) is 1. The molecule has 408 valence electrons. The molecule has 0 radical (unpaired) electrons. The van der Waals surface area contributed by atoms with E-state index in [1.807, 2.05) is 21.1 Å². The third-order valence-corrected chi connectivity index (χ3v) is 15.3. The number of carbonyl (C=O) groups is 1. The van der Waals surface area contributed by atoms with Crippen molar-refractivity contribution in [3.63, 3.8) is 0 Å². The number of hydrogen-bond donors (Lipinski definition) is 3. The maximum Gasteiger partial charge on any atom is 0.472 e. The lowest BCUT2D eigenvalue weighted by molar-refractivity contribution is -0.870. The normalized spacial score (nSPS) is 13.8. The van der Waals surface area contributed by atoms with Crippen molar-refractivity contribution in [2.45, 2.75) is 334 Å². The predicted molar refractivity (Wildman–Crippen MR) is 296 cm³/mol. The van der Waals surface area contributed by atoms with Crippen molar-refractivity contribution in [3.05, 3.63) is 0 Å². The molecule has 0 aliphatic carbocycles. The second-order valence-corrected chi connectivity index (χ2v) is 23.9. The number of phosphoric acid groups is 1. The predicted octanol–water partition coefficient (Wildman–Crippen LogP) is 18.4. The molecule has 0 spiro atoms. The first-order valence-corrected chi connectivity index (χ1v) is 31.9. The number of unbranched alkanes of at least 4 members (excludes halogenated alkanes) is 44. The molecule has 0 saturated carbocycles. The summed E-state index contributed by atoms with van der Waals surface area (Å²) in [4.78, 5) is 23.4. The van der Waals surface area contributed by atoms with Crippen LogP contribution in [0.25, 0.3) is 0 Å². The van der Waals surface area contributed by atoms with E-state index in [0.29, 0.717) is 23.9 Å². The van der Waals surface area contributed by atoms with Gasteiger partial charge in [0.2, 0.25) is 5.91 Å². The molecular weight excluding hydrogens is 864 g/mol. The summed E-state index contributed by atoms with van der Waals surface area (Å²) in [5, 5.41) is 14.1. The zero-order chi connectivity index (χ0) is 49.9. The molecule has 0 aromatic carbocycles. The van der Waals surface area contributed by atoms with Crippen molar-refractivity contribution < 1.29 is 32.9 Å². The van der Waals surface area contributed by atoms with Gasteiger partial charge in [0.1, 0.15) is 13.2 Å². The Kier molecular flexibility index (Phi) is 51.0. The van der Waals surface area contributed by atoms with Crippen LogP contribution in [0, 0.1) is 0 Å². The second-order valence-electron chi connectivity index (χ2n) is 22.4. The van der Waals surface area contributed by atoms with Crippen LogP contribution in [0.1, 0.15) is 322 Å². The van der Waals surface area contributed by atoms with Crippen LogP contribution in [-0.2, 0) is 18.4 Å². The molecular formula is C59H122N2O6P+. The fraction of sp³-hybridized carbons (Fsp3) is 0.983. The van der Waals surface area contributed by atoms with E-state index in [4.69, 9.17) is 9.05 Å². The highest BCUT2D eigenvalue weighted by molar-refractivity contribution is 7.47. The molecule has 0 aromatic rings. The van der Waals surface area contributed by atoms with Crippen LogP contribution < -0.4 is 5.32 Å². The molecule has 0 aromatic heterocycles. The number of aliphatic hydroxyl groups excluding tert-OH is 1.